The highest BCUT2D eigenvalue weighted by molar-refractivity contribution is 8.00. The maximum absolute atomic E-state index is 12.6. The molecule has 4 amide bonds. The lowest BCUT2D eigenvalue weighted by Gasteiger charge is -2.27. The molecule has 0 radical (unpaired) electrons. The maximum Gasteiger partial charge on any atom is 0.322 e. The van der Waals surface area contributed by atoms with Crippen molar-refractivity contribution >= 4 is 35.3 Å². The molecule has 3 aliphatic heterocycles. The number of carbonyl (C=O) groups excluding carboxylic acids is 3. The van der Waals surface area contributed by atoms with E-state index in [-0.39, 0.29) is 17.7 Å². The summed E-state index contributed by atoms with van der Waals surface area (Å²) in [6.07, 6.45) is 4.34. The van der Waals surface area contributed by atoms with Crippen LogP contribution in [-0.2, 0) is 15.1 Å². The molecule has 7 heteroatoms. The van der Waals surface area contributed by atoms with E-state index in [1.54, 1.807) is 25.1 Å². The Morgan fingerprint density at radius 2 is 1.96 bits per heavy atom. The van der Waals surface area contributed by atoms with Crippen molar-refractivity contribution in [2.45, 2.75) is 48.6 Å². The van der Waals surface area contributed by atoms with Gasteiger partial charge in [-0.25, -0.2) is 4.79 Å². The number of imide groups is 1. The lowest BCUT2D eigenvalue weighted by molar-refractivity contribution is -0.123. The molecule has 0 spiro atoms. The van der Waals surface area contributed by atoms with E-state index in [2.05, 4.69) is 16.0 Å². The summed E-state index contributed by atoms with van der Waals surface area (Å²) in [5, 5.41) is 9.14. The molecule has 0 aliphatic carbocycles. The summed E-state index contributed by atoms with van der Waals surface area (Å²) >= 11 is 2.03. The highest BCUT2D eigenvalue weighted by Gasteiger charge is 2.43. The number of thioether (sulfide) groups is 1. The Kier molecular flexibility index (Phi) is 3.98. The molecule has 6 nitrogen and oxygen atoms in total. The summed E-state index contributed by atoms with van der Waals surface area (Å²) in [6, 6.07) is 6.63. The van der Waals surface area contributed by atoms with E-state index in [4.69, 9.17) is 0 Å². The van der Waals surface area contributed by atoms with Gasteiger partial charge in [-0.15, -0.1) is 0 Å². The highest BCUT2D eigenvalue weighted by atomic mass is 32.2. The largest absolute Gasteiger partial charge is 0.326 e. The van der Waals surface area contributed by atoms with Crippen LogP contribution in [0.15, 0.2) is 24.3 Å². The Balaban J connectivity index is 1.49. The van der Waals surface area contributed by atoms with Crippen LogP contribution in [0, 0.1) is 5.92 Å². The number of rotatable bonds is 3. The van der Waals surface area contributed by atoms with E-state index in [1.807, 2.05) is 17.8 Å². The first-order chi connectivity index (χ1) is 11.9. The summed E-state index contributed by atoms with van der Waals surface area (Å²) < 4.78 is 0. The average Bonchev–Trinajstić information content (AvgIpc) is 3.05. The van der Waals surface area contributed by atoms with E-state index in [1.165, 1.54) is 12.8 Å². The molecule has 3 aliphatic rings. The van der Waals surface area contributed by atoms with Crippen LogP contribution < -0.4 is 16.0 Å². The number of hydrogen-bond acceptors (Lipinski definition) is 4. The number of urea groups is 1. The number of hydrogen-bond donors (Lipinski definition) is 3. The van der Waals surface area contributed by atoms with Gasteiger partial charge in [-0.1, -0.05) is 12.1 Å². The Bertz CT molecular complexity index is 741. The van der Waals surface area contributed by atoms with Gasteiger partial charge < -0.3 is 10.6 Å². The second kappa shape index (κ2) is 6.05. The molecule has 0 aromatic heterocycles. The molecule has 1 aromatic rings. The van der Waals surface area contributed by atoms with Gasteiger partial charge in [-0.2, -0.15) is 11.8 Å². The van der Waals surface area contributed by atoms with Crippen molar-refractivity contribution in [2.75, 3.05) is 5.32 Å². The van der Waals surface area contributed by atoms with Gasteiger partial charge in [0.05, 0.1) is 0 Å². The maximum atomic E-state index is 12.6. The van der Waals surface area contributed by atoms with Gasteiger partial charge >= 0.3 is 6.03 Å². The third kappa shape index (κ3) is 3.01. The van der Waals surface area contributed by atoms with Crippen LogP contribution in [0.3, 0.4) is 0 Å². The Morgan fingerprint density at radius 1 is 1.24 bits per heavy atom. The SMILES string of the molecule is CC1(c2cccc(NC(=O)C3CC4CCC(C3)S4)c2)NC(=O)NC1=O. The number of amides is 4. The molecule has 3 unspecified atom stereocenters. The minimum absolute atomic E-state index is 0.0550. The summed E-state index contributed by atoms with van der Waals surface area (Å²) in [4.78, 5) is 36.2. The fourth-order valence-corrected chi connectivity index (χ4v) is 5.75. The van der Waals surface area contributed by atoms with E-state index < -0.39 is 11.6 Å². The van der Waals surface area contributed by atoms with Crippen LogP contribution >= 0.6 is 11.8 Å². The van der Waals surface area contributed by atoms with Crippen LogP contribution in [0.4, 0.5) is 10.5 Å². The molecule has 3 atom stereocenters. The lowest BCUT2D eigenvalue weighted by Crippen LogP contribution is -2.40. The third-order valence-electron chi connectivity index (χ3n) is 5.41. The minimum atomic E-state index is -1.11. The lowest BCUT2D eigenvalue weighted by atomic mass is 9.92. The zero-order chi connectivity index (χ0) is 17.6. The molecule has 1 aromatic carbocycles. The molecule has 4 rings (SSSR count). The first kappa shape index (κ1) is 16.4. The van der Waals surface area contributed by atoms with Gasteiger partial charge in [0.2, 0.25) is 5.91 Å². The van der Waals surface area contributed by atoms with Crippen molar-refractivity contribution in [3.63, 3.8) is 0 Å². The molecule has 3 fully saturated rings. The zero-order valence-electron chi connectivity index (χ0n) is 14.0. The van der Waals surface area contributed by atoms with Crippen LogP contribution in [0.2, 0.25) is 0 Å². The molecule has 2 bridgehead atoms. The summed E-state index contributed by atoms with van der Waals surface area (Å²) in [7, 11) is 0. The molecular weight excluding hydrogens is 338 g/mol. The van der Waals surface area contributed by atoms with Crippen LogP contribution in [0.25, 0.3) is 0 Å². The van der Waals surface area contributed by atoms with Gasteiger partial charge in [0, 0.05) is 22.1 Å². The Hall–Kier alpha value is -2.02. The summed E-state index contributed by atoms with van der Waals surface area (Å²) in [5.74, 6) is -0.270. The molecule has 0 saturated carbocycles. The zero-order valence-corrected chi connectivity index (χ0v) is 14.8. The quantitative estimate of drug-likeness (QED) is 0.723. The van der Waals surface area contributed by atoms with E-state index in [9.17, 15) is 14.4 Å². The van der Waals surface area contributed by atoms with Crippen molar-refractivity contribution < 1.29 is 14.4 Å². The molecule has 132 valence electrons. The van der Waals surface area contributed by atoms with Crippen molar-refractivity contribution in [1.29, 1.82) is 0 Å². The molecular formula is C18H21N3O3S. The topological polar surface area (TPSA) is 87.3 Å². The summed E-state index contributed by atoms with van der Waals surface area (Å²) in [6.45, 7) is 1.66. The van der Waals surface area contributed by atoms with Crippen LogP contribution in [0.1, 0.15) is 38.2 Å². The molecule has 3 heterocycles. The minimum Gasteiger partial charge on any atom is -0.326 e. The van der Waals surface area contributed by atoms with E-state index in [0.29, 0.717) is 21.8 Å². The molecule has 3 N–H and O–H groups in total. The molecule has 3 saturated heterocycles. The van der Waals surface area contributed by atoms with Crippen molar-refractivity contribution in [3.8, 4) is 0 Å². The number of fused-ring (bicyclic) bond motifs is 2. The van der Waals surface area contributed by atoms with Gasteiger partial charge in [0.25, 0.3) is 5.91 Å². The van der Waals surface area contributed by atoms with Gasteiger partial charge in [0.1, 0.15) is 5.54 Å². The first-order valence-electron chi connectivity index (χ1n) is 8.64. The second-order valence-electron chi connectivity index (χ2n) is 7.23. The smallest absolute Gasteiger partial charge is 0.322 e. The van der Waals surface area contributed by atoms with Crippen LogP contribution in [-0.4, -0.2) is 28.3 Å². The Labute approximate surface area is 150 Å². The monoisotopic (exact) mass is 359 g/mol. The average molecular weight is 359 g/mol. The van der Waals surface area contributed by atoms with Crippen molar-refractivity contribution in [1.82, 2.24) is 10.6 Å². The fraction of sp³-hybridized carbons (Fsp3) is 0.500. The van der Waals surface area contributed by atoms with E-state index >= 15 is 0 Å². The highest BCUT2D eigenvalue weighted by Crippen LogP contribution is 2.46. The van der Waals surface area contributed by atoms with Gasteiger partial charge in [-0.3, -0.25) is 14.9 Å². The normalized spacial score (nSPS) is 33.7. The Morgan fingerprint density at radius 3 is 2.60 bits per heavy atom. The molecule has 25 heavy (non-hydrogen) atoms. The first-order valence-corrected chi connectivity index (χ1v) is 9.59. The van der Waals surface area contributed by atoms with Crippen LogP contribution in [0.5, 0.6) is 0 Å². The summed E-state index contributed by atoms with van der Waals surface area (Å²) in [5.41, 5.74) is 0.189. The second-order valence-corrected chi connectivity index (χ2v) is 8.83. The van der Waals surface area contributed by atoms with Gasteiger partial charge in [0.15, 0.2) is 0 Å². The fourth-order valence-electron chi connectivity index (χ4n) is 3.97. The van der Waals surface area contributed by atoms with Gasteiger partial charge in [-0.05, 0) is 50.3 Å². The standard InChI is InChI=1S/C18H21N3O3S/c1-18(16(23)20-17(24)21-18)11-3-2-4-12(9-11)19-15(22)10-7-13-5-6-14(8-10)25-13/h2-4,9-10,13-14H,5-8H2,1H3,(H,19,22)(H2,20,21,23,24). The predicted octanol–water partition coefficient (Wildman–Crippen LogP) is 2.35. The third-order valence-corrected chi connectivity index (χ3v) is 7.04. The van der Waals surface area contributed by atoms with Crippen molar-refractivity contribution in [3.05, 3.63) is 29.8 Å². The number of carbonyl (C=O) groups is 3. The predicted molar refractivity (Wildman–Crippen MR) is 96.2 cm³/mol. The number of anilines is 1. The van der Waals surface area contributed by atoms with E-state index in [0.717, 1.165) is 12.8 Å². The van der Waals surface area contributed by atoms with Crippen molar-refractivity contribution in [2.24, 2.45) is 5.92 Å². The number of benzene rings is 1. The number of nitrogens with one attached hydrogen (secondary N) is 3.